The summed E-state index contributed by atoms with van der Waals surface area (Å²) in [5.41, 5.74) is 0.920. The summed E-state index contributed by atoms with van der Waals surface area (Å²) in [4.78, 5) is 0. The maximum Gasteiger partial charge on any atom is 0.409 e. The number of rotatable bonds is 5. The number of aromatic hydroxyl groups is 1. The predicted molar refractivity (Wildman–Crippen MR) is 135 cm³/mol. The molecule has 180 valence electrons. The van der Waals surface area contributed by atoms with Crippen LogP contribution in [0.15, 0.2) is 97.1 Å². The first-order valence-electron chi connectivity index (χ1n) is 11.2. The number of benzene rings is 4. The molecule has 0 heterocycles. The summed E-state index contributed by atoms with van der Waals surface area (Å²) in [5, 5.41) is 7.71. The summed E-state index contributed by atoms with van der Waals surface area (Å²) in [7, 11) is -4.51. The predicted octanol–water partition coefficient (Wildman–Crippen LogP) is 7.14. The van der Waals surface area contributed by atoms with Gasteiger partial charge in [0.15, 0.2) is 12.3 Å². The molecule has 1 unspecified atom stereocenters. The second-order valence-corrected chi connectivity index (χ2v) is 11.7. The molecule has 4 aromatic carbocycles. The van der Waals surface area contributed by atoms with Gasteiger partial charge in [-0.1, -0.05) is 103 Å². The van der Waals surface area contributed by atoms with Gasteiger partial charge < -0.3 is 9.67 Å². The molecule has 0 aliphatic rings. The van der Waals surface area contributed by atoms with Crippen LogP contribution in [0.4, 0.5) is 13.2 Å². The molecule has 0 saturated heterocycles. The third-order valence-corrected chi connectivity index (χ3v) is 10.2. The molecule has 2 nitrogen and oxygen atoms in total. The van der Waals surface area contributed by atoms with E-state index in [9.17, 15) is 5.11 Å². The van der Waals surface area contributed by atoms with E-state index < -0.39 is 18.5 Å². The number of alkyl halides is 3. The van der Waals surface area contributed by atoms with Crippen molar-refractivity contribution in [1.29, 1.82) is 0 Å². The van der Waals surface area contributed by atoms with E-state index in [2.05, 4.69) is 0 Å². The zero-order chi connectivity index (χ0) is 25.4. The Bertz CT molecular complexity index is 1330. The van der Waals surface area contributed by atoms with E-state index in [1.54, 1.807) is 69.3 Å². The van der Waals surface area contributed by atoms with E-state index in [1.807, 2.05) is 0 Å². The number of hydrogen-bond donors (Lipinski definition) is 1. The fourth-order valence-electron chi connectivity index (χ4n) is 4.88. The van der Waals surface area contributed by atoms with E-state index in [1.165, 1.54) is 48.5 Å². The lowest BCUT2D eigenvalue weighted by atomic mass is 9.86. The first-order valence-corrected chi connectivity index (χ1v) is 12.9. The lowest BCUT2D eigenvalue weighted by Crippen LogP contribution is -2.48. The molecule has 0 saturated carbocycles. The third kappa shape index (κ3) is 3.88. The number of phenols is 1. The van der Waals surface area contributed by atoms with Crippen LogP contribution in [-0.4, -0.2) is 11.3 Å². The van der Waals surface area contributed by atoms with E-state index in [0.29, 0.717) is 5.56 Å². The average Bonchev–Trinajstić information content (AvgIpc) is 2.83. The second kappa shape index (κ2) is 9.05. The van der Waals surface area contributed by atoms with Crippen molar-refractivity contribution in [3.8, 4) is 5.75 Å². The monoisotopic (exact) mass is 494 g/mol. The molecule has 0 bridgehead atoms. The van der Waals surface area contributed by atoms with Gasteiger partial charge in [-0.3, -0.25) is 0 Å². The Kier molecular flexibility index (Phi) is 6.42. The fraction of sp³-hybridized carbons (Fsp3) is 0.172. The summed E-state index contributed by atoms with van der Waals surface area (Å²) in [6, 6.07) is 24.6. The minimum absolute atomic E-state index is 0.0803. The molecule has 0 spiro atoms. The summed E-state index contributed by atoms with van der Waals surface area (Å²) in [5.74, 6) is -0.0803. The van der Waals surface area contributed by atoms with Crippen LogP contribution in [0.1, 0.15) is 27.8 Å². The largest absolute Gasteiger partial charge is 0.507 e. The van der Waals surface area contributed by atoms with Crippen molar-refractivity contribution in [3.05, 3.63) is 125 Å². The summed E-state index contributed by atoms with van der Waals surface area (Å²) in [6.45, 7) is 4.83. The molecule has 6 heteroatoms. The van der Waals surface area contributed by atoms with Crippen molar-refractivity contribution in [2.45, 2.75) is 32.1 Å². The zero-order valence-electron chi connectivity index (χ0n) is 19.7. The van der Waals surface area contributed by atoms with Crippen molar-refractivity contribution in [1.82, 2.24) is 0 Å². The van der Waals surface area contributed by atoms with Crippen LogP contribution in [0, 0.1) is 20.8 Å². The lowest BCUT2D eigenvalue weighted by Gasteiger charge is -2.44. The molecule has 1 atom stereocenters. The molecular weight excluding hydrogens is 468 g/mol. The van der Waals surface area contributed by atoms with Crippen molar-refractivity contribution >= 4 is 17.8 Å². The van der Waals surface area contributed by atoms with Crippen LogP contribution in [0.5, 0.6) is 5.75 Å². The summed E-state index contributed by atoms with van der Waals surface area (Å²) >= 11 is 0. The first kappa shape index (κ1) is 24.8. The van der Waals surface area contributed by atoms with Crippen LogP contribution >= 0.6 is 7.14 Å². The van der Waals surface area contributed by atoms with Crippen LogP contribution in [0.2, 0.25) is 0 Å². The summed E-state index contributed by atoms with van der Waals surface area (Å²) < 4.78 is 63.1. The van der Waals surface area contributed by atoms with Crippen LogP contribution in [-0.2, 0) is 9.72 Å². The standard InChI is InChI=1S/C29H26F3O2P/c1-20-11-10-12-23(17-20)28(29(30,31)32,24-18-21(2)27(33)22(3)19-24)35(34,25-13-6-4-7-14-25)26-15-8-5-9-16-26/h4-19,33H,1-3H3. The topological polar surface area (TPSA) is 37.3 Å². The minimum atomic E-state index is -4.96. The van der Waals surface area contributed by atoms with Gasteiger partial charge in [-0.15, -0.1) is 0 Å². The molecule has 1 N–H and O–H groups in total. The van der Waals surface area contributed by atoms with Crippen molar-refractivity contribution < 1.29 is 22.8 Å². The van der Waals surface area contributed by atoms with E-state index in [-0.39, 0.29) is 38.6 Å². The van der Waals surface area contributed by atoms with Gasteiger partial charge in [-0.25, -0.2) is 0 Å². The number of hydrogen-bond acceptors (Lipinski definition) is 2. The molecule has 0 aromatic heterocycles. The highest BCUT2D eigenvalue weighted by Crippen LogP contribution is 2.71. The normalized spacial score (nSPS) is 13.9. The van der Waals surface area contributed by atoms with Gasteiger partial charge in [-0.2, -0.15) is 13.2 Å². The van der Waals surface area contributed by atoms with Crippen molar-refractivity contribution in [2.75, 3.05) is 0 Å². The molecule has 0 amide bonds. The van der Waals surface area contributed by atoms with Gasteiger partial charge in [0.25, 0.3) is 0 Å². The zero-order valence-corrected chi connectivity index (χ0v) is 20.6. The van der Waals surface area contributed by atoms with Crippen LogP contribution < -0.4 is 10.6 Å². The van der Waals surface area contributed by atoms with Crippen molar-refractivity contribution in [3.63, 3.8) is 0 Å². The first-order chi connectivity index (χ1) is 16.5. The van der Waals surface area contributed by atoms with Crippen LogP contribution in [0.3, 0.4) is 0 Å². The van der Waals surface area contributed by atoms with Gasteiger partial charge in [0.2, 0.25) is 0 Å². The number of halogens is 3. The molecular formula is C29H26F3O2P. The number of phenolic OH excluding ortho intramolecular Hbond substituents is 1. The molecule has 4 rings (SSSR count). The quantitative estimate of drug-likeness (QED) is 0.300. The number of aryl methyl sites for hydroxylation is 3. The summed E-state index contributed by atoms with van der Waals surface area (Å²) in [6.07, 6.45) is -4.96. The third-order valence-electron chi connectivity index (χ3n) is 6.47. The lowest BCUT2D eigenvalue weighted by molar-refractivity contribution is -0.154. The maximum absolute atomic E-state index is 15.9. The Morgan fingerprint density at radius 3 is 1.57 bits per heavy atom. The van der Waals surface area contributed by atoms with Gasteiger partial charge in [0, 0.05) is 10.6 Å². The second-order valence-electron chi connectivity index (χ2n) is 8.82. The highest BCUT2D eigenvalue weighted by atomic mass is 31.2. The molecule has 0 radical (unpaired) electrons. The smallest absolute Gasteiger partial charge is 0.409 e. The highest BCUT2D eigenvalue weighted by Gasteiger charge is 2.68. The Morgan fingerprint density at radius 2 is 1.14 bits per heavy atom. The van der Waals surface area contributed by atoms with Gasteiger partial charge in [0.1, 0.15) is 5.75 Å². The Balaban J connectivity index is 2.31. The van der Waals surface area contributed by atoms with E-state index >= 15 is 17.7 Å². The van der Waals surface area contributed by atoms with E-state index in [4.69, 9.17) is 0 Å². The fourth-order valence-corrected chi connectivity index (χ4v) is 8.49. The molecule has 0 aliphatic carbocycles. The maximum atomic E-state index is 15.9. The Labute approximate surface area is 203 Å². The Morgan fingerprint density at radius 1 is 0.657 bits per heavy atom. The molecule has 35 heavy (non-hydrogen) atoms. The van der Waals surface area contributed by atoms with Crippen LogP contribution in [0.25, 0.3) is 0 Å². The molecule has 4 aromatic rings. The van der Waals surface area contributed by atoms with Crippen molar-refractivity contribution in [2.24, 2.45) is 0 Å². The molecule has 0 aliphatic heterocycles. The SMILES string of the molecule is Cc1cccc(C(c2cc(C)c(O)c(C)c2)(C(F)(F)F)P(=O)(c2ccccc2)c2ccccc2)c1. The highest BCUT2D eigenvalue weighted by molar-refractivity contribution is 7.80. The average molecular weight is 494 g/mol. The van der Waals surface area contributed by atoms with Gasteiger partial charge in [0.05, 0.1) is 0 Å². The Hall–Kier alpha value is -3.30. The van der Waals surface area contributed by atoms with E-state index in [0.717, 1.165) is 0 Å². The molecule has 0 fully saturated rings. The van der Waals surface area contributed by atoms with Gasteiger partial charge >= 0.3 is 6.18 Å². The van der Waals surface area contributed by atoms with Gasteiger partial charge in [-0.05, 0) is 43.0 Å². The minimum Gasteiger partial charge on any atom is -0.507 e.